The summed E-state index contributed by atoms with van der Waals surface area (Å²) in [7, 11) is 0. The van der Waals surface area contributed by atoms with Gasteiger partial charge in [-0.15, -0.1) is 0 Å². The van der Waals surface area contributed by atoms with Gasteiger partial charge in [0, 0.05) is 68.5 Å². The first kappa shape index (κ1) is 37.8. The van der Waals surface area contributed by atoms with Crippen molar-refractivity contribution in [2.24, 2.45) is 0 Å². The Bertz CT molecular complexity index is 2860. The van der Waals surface area contributed by atoms with E-state index in [4.69, 9.17) is 5.73 Å². The number of benzene rings is 7. The molecule has 0 atom stereocenters. The molecule has 0 spiro atoms. The molecule has 0 bridgehead atoms. The largest absolute Gasteiger partial charge is 0.505 e. The molecular formula is C47H45N3O8. The molecule has 0 fully saturated rings. The van der Waals surface area contributed by atoms with Crippen LogP contribution in [-0.2, 0) is 6.42 Å². The molecule has 2 heterocycles. The monoisotopic (exact) mass is 779 g/mol. The zero-order valence-corrected chi connectivity index (χ0v) is 32.8. The maximum Gasteiger partial charge on any atom is 0.208 e. The van der Waals surface area contributed by atoms with Crippen LogP contribution in [0.15, 0.2) is 84.1 Å². The van der Waals surface area contributed by atoms with Crippen LogP contribution in [0.25, 0.3) is 54.6 Å². The van der Waals surface area contributed by atoms with Crippen molar-refractivity contribution in [3.05, 3.63) is 95.2 Å². The summed E-state index contributed by atoms with van der Waals surface area (Å²) < 4.78 is 0. The lowest BCUT2D eigenvalue weighted by Crippen LogP contribution is -2.18. The number of anilines is 4. The molecule has 7 aromatic rings. The number of phenolic OH excluding ortho intramolecular Hbond substituents is 8. The van der Waals surface area contributed by atoms with E-state index < -0.39 is 40.2 Å². The predicted molar refractivity (Wildman–Crippen MR) is 231 cm³/mol. The highest BCUT2D eigenvalue weighted by Gasteiger charge is 2.32. The Kier molecular flexibility index (Phi) is 8.99. The van der Waals surface area contributed by atoms with Crippen LogP contribution in [0.5, 0.6) is 46.0 Å². The van der Waals surface area contributed by atoms with E-state index in [-0.39, 0.29) is 33.7 Å². The molecule has 2 aliphatic heterocycles. The predicted octanol–water partition coefficient (Wildman–Crippen LogP) is 10.2. The molecule has 0 saturated heterocycles. The molecule has 0 unspecified atom stereocenters. The molecular weight excluding hydrogens is 735 g/mol. The van der Waals surface area contributed by atoms with Crippen molar-refractivity contribution >= 4 is 55.1 Å². The lowest BCUT2D eigenvalue weighted by molar-refractivity contribution is 0.330. The quantitative estimate of drug-likeness (QED) is 0.0349. The van der Waals surface area contributed by atoms with Gasteiger partial charge in [-0.25, -0.2) is 0 Å². The molecule has 2 aliphatic rings. The van der Waals surface area contributed by atoms with Gasteiger partial charge in [-0.2, -0.15) is 0 Å². The summed E-state index contributed by atoms with van der Waals surface area (Å²) in [6.07, 6.45) is 5.55. The van der Waals surface area contributed by atoms with Crippen molar-refractivity contribution in [1.29, 1.82) is 0 Å². The maximum absolute atomic E-state index is 11.6. The second-order valence-electron chi connectivity index (χ2n) is 14.6. The molecule has 0 radical (unpaired) electrons. The van der Waals surface area contributed by atoms with Gasteiger partial charge in [-0.05, 0) is 90.9 Å². The molecule has 0 aliphatic carbocycles. The third kappa shape index (κ3) is 5.19. The fraction of sp³-hybridized carbons (Fsp3) is 0.191. The van der Waals surface area contributed by atoms with Crippen molar-refractivity contribution in [2.75, 3.05) is 28.6 Å². The molecule has 0 amide bonds. The fourth-order valence-electron chi connectivity index (χ4n) is 8.93. The molecule has 7 aromatic carbocycles. The van der Waals surface area contributed by atoms with Gasteiger partial charge in [0.25, 0.3) is 0 Å². The summed E-state index contributed by atoms with van der Waals surface area (Å²) in [5.41, 5.74) is 12.5. The zero-order chi connectivity index (χ0) is 41.5. The number of para-hydroxylation sites is 1. The Morgan fingerprint density at radius 2 is 1.05 bits per heavy atom. The maximum atomic E-state index is 11.6. The van der Waals surface area contributed by atoms with E-state index in [9.17, 15) is 40.9 Å². The number of hydrogen-bond acceptors (Lipinski definition) is 11. The van der Waals surface area contributed by atoms with E-state index in [1.807, 2.05) is 75.4 Å². The molecule has 11 heteroatoms. The molecule has 11 nitrogen and oxygen atoms in total. The number of nitrogens with two attached hydrogens (primary N) is 1. The van der Waals surface area contributed by atoms with Crippen LogP contribution >= 0.6 is 0 Å². The average Bonchev–Trinajstić information content (AvgIpc) is 3.84. The van der Waals surface area contributed by atoms with Gasteiger partial charge in [-0.3, -0.25) is 0 Å². The smallest absolute Gasteiger partial charge is 0.208 e. The first-order valence-corrected chi connectivity index (χ1v) is 19.3. The van der Waals surface area contributed by atoms with Gasteiger partial charge < -0.3 is 56.4 Å². The van der Waals surface area contributed by atoms with Crippen LogP contribution in [-0.4, -0.2) is 53.9 Å². The molecule has 296 valence electrons. The molecule has 0 saturated carbocycles. The summed E-state index contributed by atoms with van der Waals surface area (Å²) in [6.45, 7) is 10.9. The van der Waals surface area contributed by atoms with E-state index in [0.717, 1.165) is 62.9 Å². The molecule has 58 heavy (non-hydrogen) atoms. The summed E-state index contributed by atoms with van der Waals surface area (Å²) >= 11 is 0. The van der Waals surface area contributed by atoms with Crippen LogP contribution in [0.3, 0.4) is 0 Å². The van der Waals surface area contributed by atoms with Crippen molar-refractivity contribution in [3.8, 4) is 68.2 Å². The summed E-state index contributed by atoms with van der Waals surface area (Å²) in [5.74, 6) is -6.14. The fourth-order valence-corrected chi connectivity index (χ4v) is 8.93. The van der Waals surface area contributed by atoms with Gasteiger partial charge in [-0.1, -0.05) is 62.4 Å². The van der Waals surface area contributed by atoms with Crippen LogP contribution in [0.4, 0.5) is 22.7 Å². The number of rotatable bonds is 5. The Balaban J connectivity index is 0.00000231. The number of fused-ring (bicyclic) bond motifs is 1. The first-order valence-electron chi connectivity index (χ1n) is 19.3. The van der Waals surface area contributed by atoms with Crippen molar-refractivity contribution in [2.45, 2.75) is 47.5 Å². The third-order valence-electron chi connectivity index (χ3n) is 11.7. The highest BCUT2D eigenvalue weighted by atomic mass is 16.4. The second-order valence-corrected chi connectivity index (χ2v) is 14.6. The number of nitrogen functional groups attached to an aromatic ring is 1. The van der Waals surface area contributed by atoms with E-state index in [2.05, 4.69) is 28.9 Å². The molecule has 10 N–H and O–H groups in total. The third-order valence-corrected chi connectivity index (χ3v) is 11.7. The summed E-state index contributed by atoms with van der Waals surface area (Å²) in [6, 6.07) is 19.6. The highest BCUT2D eigenvalue weighted by Crippen LogP contribution is 2.59. The summed E-state index contributed by atoms with van der Waals surface area (Å²) in [5, 5.41) is 92.6. The van der Waals surface area contributed by atoms with E-state index in [1.165, 1.54) is 0 Å². The highest BCUT2D eigenvalue weighted by molar-refractivity contribution is 6.32. The molecule has 0 aromatic heterocycles. The lowest BCUT2D eigenvalue weighted by Gasteiger charge is -2.29. The Hall–Kier alpha value is -7.14. The Morgan fingerprint density at radius 1 is 0.552 bits per heavy atom. The first-order chi connectivity index (χ1) is 27.8. The van der Waals surface area contributed by atoms with Crippen molar-refractivity contribution < 1.29 is 40.9 Å². The van der Waals surface area contributed by atoms with Crippen LogP contribution in [0, 0.1) is 6.92 Å². The minimum Gasteiger partial charge on any atom is -0.505 e. The summed E-state index contributed by atoms with van der Waals surface area (Å²) in [4.78, 5) is 4.36. The number of hydrogen-bond donors (Lipinski definition) is 9. The van der Waals surface area contributed by atoms with Gasteiger partial charge >= 0.3 is 0 Å². The number of nitrogens with zero attached hydrogens (tertiary/aromatic N) is 2. The van der Waals surface area contributed by atoms with Gasteiger partial charge in [0.15, 0.2) is 23.0 Å². The van der Waals surface area contributed by atoms with Crippen LogP contribution in [0.2, 0.25) is 0 Å². The van der Waals surface area contributed by atoms with E-state index >= 15 is 0 Å². The number of allylic oxidation sites excluding steroid dienone is 2. The second kappa shape index (κ2) is 13.8. The average molecular weight is 780 g/mol. The SMILES string of the molecule is C/C=C\C1=C(C)CCN1c1cc(-c2c(O)c(O)c(O)c(O)c2O)c2ccc3c(N4CCc5ccccc54)cc(-c4c(C)c(O)c(N)c(O)c4O)c4ccc1c2c43.CC. The minimum atomic E-state index is -1.06. The standard InChI is InChI=1S/C45H39N3O8.C2H6/c1-4-7-29-20(2)14-16-47(29)31-19-28(36-40(51)43(54)45(56)44(55)41(36)52)24-11-13-26-32(48-17-15-22-8-5-6-9-30(22)48)18-27(23-10-12-25(31)35(24)34(23)26)33-21(3)38(49)37(46)42(53)39(33)50;1-2/h4-13,18-19,49-56H,14-17,46H2,1-3H3;1-2H3/b7-4-;. The van der Waals surface area contributed by atoms with Crippen LogP contribution < -0.4 is 15.5 Å². The zero-order valence-electron chi connectivity index (χ0n) is 32.8. The Morgan fingerprint density at radius 3 is 1.66 bits per heavy atom. The molecule has 9 rings (SSSR count). The number of phenols is 8. The normalized spacial score (nSPS) is 14.1. The Labute approximate surface area is 334 Å². The topological polar surface area (TPSA) is 194 Å². The minimum absolute atomic E-state index is 0.193. The van der Waals surface area contributed by atoms with Crippen molar-refractivity contribution in [3.63, 3.8) is 0 Å². The number of aromatic hydroxyl groups is 8. The van der Waals surface area contributed by atoms with E-state index in [1.54, 1.807) is 13.0 Å². The van der Waals surface area contributed by atoms with Crippen LogP contribution in [0.1, 0.15) is 45.2 Å². The lowest BCUT2D eigenvalue weighted by atomic mass is 9.84. The van der Waals surface area contributed by atoms with Crippen molar-refractivity contribution in [1.82, 2.24) is 0 Å². The van der Waals surface area contributed by atoms with Gasteiger partial charge in [0.05, 0.1) is 5.56 Å². The van der Waals surface area contributed by atoms with Gasteiger partial charge in [0.1, 0.15) is 11.4 Å². The van der Waals surface area contributed by atoms with Gasteiger partial charge in [0.2, 0.25) is 17.2 Å². The van der Waals surface area contributed by atoms with E-state index in [0.29, 0.717) is 34.8 Å².